The fraction of sp³-hybridized carbons (Fsp3) is 0.238. The lowest BCUT2D eigenvalue weighted by Crippen LogP contribution is -2.14. The van der Waals surface area contributed by atoms with Gasteiger partial charge in [-0.1, -0.05) is 42.1 Å². The highest BCUT2D eigenvalue weighted by atomic mass is 32.2. The van der Waals surface area contributed by atoms with Gasteiger partial charge >= 0.3 is 0 Å². The molecule has 1 N–H and O–H groups in total. The van der Waals surface area contributed by atoms with Crippen molar-refractivity contribution in [3.05, 3.63) is 64.6 Å². The zero-order valence-electron chi connectivity index (χ0n) is 16.9. The molecule has 7 nitrogen and oxygen atoms in total. The number of aromatic nitrogens is 4. The van der Waals surface area contributed by atoms with Crippen LogP contribution in [0.15, 0.2) is 52.2 Å². The van der Waals surface area contributed by atoms with E-state index in [0.29, 0.717) is 16.8 Å². The van der Waals surface area contributed by atoms with Gasteiger partial charge in [0.25, 0.3) is 0 Å². The second-order valence-electron chi connectivity index (χ2n) is 6.77. The largest absolute Gasteiger partial charge is 0.469 e. The number of hydrogen-bond acceptors (Lipinski definition) is 7. The van der Waals surface area contributed by atoms with E-state index in [0.717, 1.165) is 33.3 Å². The van der Waals surface area contributed by atoms with Gasteiger partial charge < -0.3 is 9.73 Å². The Labute approximate surface area is 182 Å². The summed E-state index contributed by atoms with van der Waals surface area (Å²) in [4.78, 5) is 17.9. The van der Waals surface area contributed by atoms with Crippen molar-refractivity contribution in [3.63, 3.8) is 0 Å². The summed E-state index contributed by atoms with van der Waals surface area (Å²) in [5.74, 6) is 1.60. The van der Waals surface area contributed by atoms with Crippen LogP contribution < -0.4 is 5.32 Å². The van der Waals surface area contributed by atoms with Gasteiger partial charge in [0.15, 0.2) is 16.1 Å². The Balaban J connectivity index is 1.54. The van der Waals surface area contributed by atoms with Gasteiger partial charge in [-0.05, 0) is 32.4 Å². The van der Waals surface area contributed by atoms with E-state index in [9.17, 15) is 4.79 Å². The Morgan fingerprint density at radius 1 is 1.17 bits per heavy atom. The summed E-state index contributed by atoms with van der Waals surface area (Å²) >= 11 is 2.83. The van der Waals surface area contributed by atoms with Crippen LogP contribution in [0, 0.1) is 20.8 Å². The zero-order chi connectivity index (χ0) is 21.1. The van der Waals surface area contributed by atoms with Crippen molar-refractivity contribution in [2.24, 2.45) is 0 Å². The maximum Gasteiger partial charge on any atom is 0.236 e. The molecule has 154 valence electrons. The summed E-state index contributed by atoms with van der Waals surface area (Å²) in [6.45, 7) is 6.42. The highest BCUT2D eigenvalue weighted by Crippen LogP contribution is 2.28. The molecule has 9 heteroatoms. The van der Waals surface area contributed by atoms with E-state index in [2.05, 4.69) is 32.6 Å². The van der Waals surface area contributed by atoms with Crippen molar-refractivity contribution in [1.82, 2.24) is 19.7 Å². The number of nitrogens with one attached hydrogen (secondary N) is 1. The Kier molecular flexibility index (Phi) is 6.01. The SMILES string of the molecule is Cc1nc(NC(=O)CSc2nnc(-c3ccoc3C)n2Cc2ccccc2)sc1C. The van der Waals surface area contributed by atoms with Gasteiger partial charge in [-0.15, -0.1) is 21.5 Å². The first kappa shape index (κ1) is 20.4. The van der Waals surface area contributed by atoms with Crippen molar-refractivity contribution < 1.29 is 9.21 Å². The van der Waals surface area contributed by atoms with E-state index in [4.69, 9.17) is 4.42 Å². The van der Waals surface area contributed by atoms with Crippen LogP contribution in [0.4, 0.5) is 5.13 Å². The molecule has 4 rings (SSSR count). The van der Waals surface area contributed by atoms with Gasteiger partial charge in [0.05, 0.1) is 29.8 Å². The van der Waals surface area contributed by atoms with Crippen LogP contribution in [0.5, 0.6) is 0 Å². The summed E-state index contributed by atoms with van der Waals surface area (Å²) in [5.41, 5.74) is 2.95. The van der Waals surface area contributed by atoms with Crippen molar-refractivity contribution in [3.8, 4) is 11.4 Å². The first-order valence-corrected chi connectivity index (χ1v) is 11.2. The van der Waals surface area contributed by atoms with Gasteiger partial charge in [0.1, 0.15) is 5.76 Å². The van der Waals surface area contributed by atoms with Crippen LogP contribution in [0.2, 0.25) is 0 Å². The molecule has 0 spiro atoms. The summed E-state index contributed by atoms with van der Waals surface area (Å²) < 4.78 is 7.47. The Hall–Kier alpha value is -2.91. The minimum Gasteiger partial charge on any atom is -0.469 e. The molecule has 0 fully saturated rings. The molecule has 30 heavy (non-hydrogen) atoms. The molecule has 0 aliphatic rings. The fourth-order valence-electron chi connectivity index (χ4n) is 2.93. The lowest BCUT2D eigenvalue weighted by atomic mass is 10.2. The number of carbonyl (C=O) groups excluding carboxylic acids is 1. The normalized spacial score (nSPS) is 11.0. The summed E-state index contributed by atoms with van der Waals surface area (Å²) in [6, 6.07) is 12.0. The highest BCUT2D eigenvalue weighted by molar-refractivity contribution is 7.99. The van der Waals surface area contributed by atoms with Crippen LogP contribution in [0.3, 0.4) is 0 Å². The third-order valence-electron chi connectivity index (χ3n) is 4.61. The number of thioether (sulfide) groups is 1. The number of aryl methyl sites for hydroxylation is 3. The van der Waals surface area contributed by atoms with Crippen molar-refractivity contribution in [2.75, 3.05) is 11.1 Å². The topological polar surface area (TPSA) is 85.8 Å². The number of thiazole rings is 1. The molecule has 4 aromatic rings. The molecule has 0 atom stereocenters. The Morgan fingerprint density at radius 3 is 2.63 bits per heavy atom. The number of benzene rings is 1. The zero-order valence-corrected chi connectivity index (χ0v) is 18.5. The number of anilines is 1. The number of rotatable bonds is 7. The molecule has 1 aromatic carbocycles. The highest BCUT2D eigenvalue weighted by Gasteiger charge is 2.19. The molecule has 0 radical (unpaired) electrons. The van der Waals surface area contributed by atoms with Gasteiger partial charge in [0.2, 0.25) is 5.91 Å². The second kappa shape index (κ2) is 8.85. The molecule has 0 saturated carbocycles. The van der Waals surface area contributed by atoms with E-state index in [-0.39, 0.29) is 11.7 Å². The molecule has 3 aromatic heterocycles. The van der Waals surface area contributed by atoms with Crippen molar-refractivity contribution in [1.29, 1.82) is 0 Å². The third kappa shape index (κ3) is 4.47. The molecule has 0 unspecified atom stereocenters. The predicted molar refractivity (Wildman–Crippen MR) is 119 cm³/mol. The molecule has 0 aliphatic heterocycles. The fourth-order valence-corrected chi connectivity index (χ4v) is 4.50. The first-order valence-electron chi connectivity index (χ1n) is 9.39. The number of furan rings is 1. The van der Waals surface area contributed by atoms with Gasteiger partial charge in [-0.2, -0.15) is 0 Å². The smallest absolute Gasteiger partial charge is 0.236 e. The Morgan fingerprint density at radius 2 is 1.97 bits per heavy atom. The first-order chi connectivity index (χ1) is 14.5. The average molecular weight is 440 g/mol. The molecule has 0 saturated heterocycles. The van der Waals surface area contributed by atoms with E-state index >= 15 is 0 Å². The quantitative estimate of drug-likeness (QED) is 0.420. The standard InChI is InChI=1S/C21H21N5O2S2/c1-13-15(3)30-20(22-13)23-18(27)12-29-21-25-24-19(17-9-10-28-14(17)2)26(21)11-16-7-5-4-6-8-16/h4-10H,11-12H2,1-3H3,(H,22,23,27). The molecule has 3 heterocycles. The minimum absolute atomic E-state index is 0.121. The molecule has 0 bridgehead atoms. The number of carbonyl (C=O) groups is 1. The van der Waals surface area contributed by atoms with E-state index in [1.54, 1.807) is 6.26 Å². The summed E-state index contributed by atoms with van der Waals surface area (Å²) in [7, 11) is 0. The lowest BCUT2D eigenvalue weighted by molar-refractivity contribution is -0.113. The van der Waals surface area contributed by atoms with Gasteiger partial charge in [-0.25, -0.2) is 4.98 Å². The average Bonchev–Trinajstić information content (AvgIpc) is 3.40. The van der Waals surface area contributed by atoms with Gasteiger partial charge in [0, 0.05) is 4.88 Å². The number of amides is 1. The van der Waals surface area contributed by atoms with Crippen LogP contribution in [-0.4, -0.2) is 31.4 Å². The van der Waals surface area contributed by atoms with Crippen molar-refractivity contribution in [2.45, 2.75) is 32.5 Å². The van der Waals surface area contributed by atoms with Crippen LogP contribution in [0.1, 0.15) is 21.9 Å². The third-order valence-corrected chi connectivity index (χ3v) is 6.56. The van der Waals surface area contributed by atoms with Crippen LogP contribution in [-0.2, 0) is 11.3 Å². The Bertz CT molecular complexity index is 1140. The molecule has 0 aliphatic carbocycles. The van der Waals surface area contributed by atoms with Crippen molar-refractivity contribution >= 4 is 34.1 Å². The molecular formula is C21H21N5O2S2. The monoisotopic (exact) mass is 439 g/mol. The van der Waals surface area contributed by atoms with Gasteiger partial charge in [-0.3, -0.25) is 9.36 Å². The molecule has 1 amide bonds. The minimum atomic E-state index is -0.121. The number of nitrogens with zero attached hydrogens (tertiary/aromatic N) is 4. The van der Waals surface area contributed by atoms with Crippen LogP contribution >= 0.6 is 23.1 Å². The van der Waals surface area contributed by atoms with E-state index in [1.165, 1.54) is 23.1 Å². The molecular weight excluding hydrogens is 418 g/mol. The summed E-state index contributed by atoms with van der Waals surface area (Å²) in [6.07, 6.45) is 1.64. The van der Waals surface area contributed by atoms with Crippen LogP contribution in [0.25, 0.3) is 11.4 Å². The maximum absolute atomic E-state index is 12.4. The second-order valence-corrected chi connectivity index (χ2v) is 8.91. The number of hydrogen-bond donors (Lipinski definition) is 1. The lowest BCUT2D eigenvalue weighted by Gasteiger charge is -2.10. The van der Waals surface area contributed by atoms with E-state index in [1.807, 2.05) is 49.6 Å². The summed E-state index contributed by atoms with van der Waals surface area (Å²) in [5, 5.41) is 12.9. The maximum atomic E-state index is 12.4. The van der Waals surface area contributed by atoms with E-state index < -0.39 is 0 Å². The predicted octanol–water partition coefficient (Wildman–Crippen LogP) is 4.70.